The first kappa shape index (κ1) is 33.7. The first-order valence-electron chi connectivity index (χ1n) is 19.7. The summed E-state index contributed by atoms with van der Waals surface area (Å²) in [6.07, 6.45) is 0. The zero-order chi connectivity index (χ0) is 38.7. The van der Waals surface area contributed by atoms with E-state index >= 15 is 0 Å². The van der Waals surface area contributed by atoms with Gasteiger partial charge in [-0.1, -0.05) is 164 Å². The van der Waals surface area contributed by atoms with Crippen LogP contribution in [0.15, 0.2) is 188 Å². The molecule has 0 saturated carbocycles. The first-order chi connectivity index (χ1) is 28.6. The molecule has 2 aromatic heterocycles. The highest BCUT2D eigenvalue weighted by atomic mass is 15.2. The molecule has 0 saturated heterocycles. The van der Waals surface area contributed by atoms with E-state index in [-0.39, 0.29) is 0 Å². The van der Waals surface area contributed by atoms with Gasteiger partial charge in [0.15, 0.2) is 17.5 Å². The van der Waals surface area contributed by atoms with Crippen molar-refractivity contribution >= 4 is 38.9 Å². The molecule has 1 aliphatic heterocycles. The van der Waals surface area contributed by atoms with Crippen molar-refractivity contribution < 1.29 is 0 Å². The molecule has 5 nitrogen and oxygen atoms in total. The van der Waals surface area contributed by atoms with Crippen molar-refractivity contribution in [1.82, 2.24) is 19.5 Å². The minimum Gasteiger partial charge on any atom is -0.308 e. The van der Waals surface area contributed by atoms with Crippen LogP contribution in [0.2, 0.25) is 0 Å². The SMILES string of the molecule is Cc1cccc2c1N(c1cccc(-n3c4ccccc4c4ccccc43)c1-c1nc(-c3ccccc3)nc(-c3ccccc3)n1)c1c(C)cccc1-c1ccccc1-2. The Morgan fingerprint density at radius 2 is 0.759 bits per heavy atom. The molecule has 0 spiro atoms. The molecule has 0 bridgehead atoms. The Bertz CT molecular complexity index is 3020. The standard InChI is InChI=1S/C53H37N5/c1-34-18-15-28-42-38-24-9-10-25-39(38)43-29-16-19-35(2)50(43)58(49(34)42)47-33-17-32-46(57-44-30-13-11-26-40(44)41-27-12-14-31-45(41)57)48(47)53-55-51(36-20-5-3-6-21-36)54-52(56-53)37-22-7-4-8-23-37/h3-33H,1-2H3. The Kier molecular flexibility index (Phi) is 7.86. The van der Waals surface area contributed by atoms with Crippen molar-refractivity contribution in [3.8, 4) is 62.1 Å². The molecule has 5 heteroatoms. The summed E-state index contributed by atoms with van der Waals surface area (Å²) < 4.78 is 2.39. The maximum atomic E-state index is 5.44. The van der Waals surface area contributed by atoms with Gasteiger partial charge in [0.25, 0.3) is 0 Å². The molecule has 11 rings (SSSR count). The van der Waals surface area contributed by atoms with E-state index in [2.05, 4.69) is 175 Å². The Balaban J connectivity index is 1.32. The minimum absolute atomic E-state index is 0.590. The van der Waals surface area contributed by atoms with Gasteiger partial charge in [-0.2, -0.15) is 0 Å². The quantitative estimate of drug-likeness (QED) is 0.176. The van der Waals surface area contributed by atoms with E-state index in [9.17, 15) is 0 Å². The third kappa shape index (κ3) is 5.28. The second kappa shape index (κ2) is 13.5. The molecule has 1 aliphatic rings. The van der Waals surface area contributed by atoms with Gasteiger partial charge < -0.3 is 9.47 Å². The maximum absolute atomic E-state index is 5.44. The van der Waals surface area contributed by atoms with Crippen molar-refractivity contribution in [2.24, 2.45) is 0 Å². The lowest BCUT2D eigenvalue weighted by Gasteiger charge is -2.32. The summed E-state index contributed by atoms with van der Waals surface area (Å²) in [7, 11) is 0. The van der Waals surface area contributed by atoms with Crippen molar-refractivity contribution in [1.29, 1.82) is 0 Å². The average molecular weight is 744 g/mol. The van der Waals surface area contributed by atoms with Crippen molar-refractivity contribution in [2.45, 2.75) is 13.8 Å². The third-order valence-corrected chi connectivity index (χ3v) is 11.4. The Hall–Kier alpha value is -7.63. The van der Waals surface area contributed by atoms with Gasteiger partial charge in [-0.25, -0.2) is 15.0 Å². The van der Waals surface area contributed by atoms with Crippen LogP contribution in [0, 0.1) is 13.8 Å². The molecule has 3 heterocycles. The summed E-state index contributed by atoms with van der Waals surface area (Å²) in [5.74, 6) is 1.82. The third-order valence-electron chi connectivity index (χ3n) is 11.4. The van der Waals surface area contributed by atoms with Crippen molar-refractivity contribution in [2.75, 3.05) is 4.90 Å². The summed E-state index contributed by atoms with van der Waals surface area (Å²) in [6, 6.07) is 66.5. The van der Waals surface area contributed by atoms with Crippen LogP contribution in [0.3, 0.4) is 0 Å². The highest BCUT2D eigenvalue weighted by Gasteiger charge is 2.32. The number of anilines is 3. The summed E-state index contributed by atoms with van der Waals surface area (Å²) >= 11 is 0. The molecular formula is C53H37N5. The van der Waals surface area contributed by atoms with Gasteiger partial charge in [0, 0.05) is 33.0 Å². The molecule has 0 aliphatic carbocycles. The molecule has 274 valence electrons. The van der Waals surface area contributed by atoms with Gasteiger partial charge in [-0.15, -0.1) is 0 Å². The van der Waals surface area contributed by atoms with Crippen LogP contribution in [-0.2, 0) is 0 Å². The lowest BCUT2D eigenvalue weighted by molar-refractivity contribution is 1.06. The Morgan fingerprint density at radius 1 is 0.345 bits per heavy atom. The summed E-state index contributed by atoms with van der Waals surface area (Å²) in [5, 5.41) is 2.38. The van der Waals surface area contributed by atoms with E-state index in [1.165, 1.54) is 44.2 Å². The average Bonchev–Trinajstić information content (AvgIpc) is 3.55. The molecule has 8 aromatic carbocycles. The number of benzene rings is 8. The number of rotatable bonds is 5. The smallest absolute Gasteiger partial charge is 0.168 e. The van der Waals surface area contributed by atoms with Gasteiger partial charge in [-0.3, -0.25) is 0 Å². The maximum Gasteiger partial charge on any atom is 0.168 e. The number of fused-ring (bicyclic) bond motifs is 8. The number of nitrogens with zero attached hydrogens (tertiary/aromatic N) is 5. The van der Waals surface area contributed by atoms with Gasteiger partial charge in [-0.05, 0) is 60.4 Å². The van der Waals surface area contributed by atoms with E-state index in [1.807, 2.05) is 36.4 Å². The van der Waals surface area contributed by atoms with Crippen LogP contribution in [0.4, 0.5) is 17.1 Å². The topological polar surface area (TPSA) is 46.8 Å². The van der Waals surface area contributed by atoms with Gasteiger partial charge in [0.2, 0.25) is 0 Å². The molecule has 0 N–H and O–H groups in total. The second-order valence-corrected chi connectivity index (χ2v) is 14.9. The number of para-hydroxylation sites is 4. The zero-order valence-corrected chi connectivity index (χ0v) is 32.1. The van der Waals surface area contributed by atoms with E-state index in [1.54, 1.807) is 0 Å². The lowest BCUT2D eigenvalue weighted by atomic mass is 9.93. The summed E-state index contributed by atoms with van der Waals surface area (Å²) in [5.41, 5.74) is 16.3. The van der Waals surface area contributed by atoms with Crippen molar-refractivity contribution in [3.63, 3.8) is 0 Å². The zero-order valence-electron chi connectivity index (χ0n) is 32.1. The number of hydrogen-bond donors (Lipinski definition) is 0. The van der Waals surface area contributed by atoms with E-state index in [0.717, 1.165) is 50.5 Å². The van der Waals surface area contributed by atoms with Crippen LogP contribution < -0.4 is 4.90 Å². The van der Waals surface area contributed by atoms with Crippen LogP contribution >= 0.6 is 0 Å². The van der Waals surface area contributed by atoms with Crippen LogP contribution in [0.1, 0.15) is 11.1 Å². The van der Waals surface area contributed by atoms with E-state index < -0.39 is 0 Å². The fraction of sp³-hybridized carbons (Fsp3) is 0.0377. The molecule has 0 radical (unpaired) electrons. The number of hydrogen-bond acceptors (Lipinski definition) is 4. The van der Waals surface area contributed by atoms with Crippen LogP contribution in [-0.4, -0.2) is 19.5 Å². The Morgan fingerprint density at radius 3 is 1.29 bits per heavy atom. The monoisotopic (exact) mass is 743 g/mol. The number of aryl methyl sites for hydroxylation is 2. The van der Waals surface area contributed by atoms with Crippen LogP contribution in [0.5, 0.6) is 0 Å². The van der Waals surface area contributed by atoms with E-state index in [4.69, 9.17) is 15.0 Å². The Labute approximate surface area is 337 Å². The van der Waals surface area contributed by atoms with E-state index in [0.29, 0.717) is 17.5 Å². The predicted octanol–water partition coefficient (Wildman–Crippen LogP) is 13.7. The molecule has 0 atom stereocenters. The summed E-state index contributed by atoms with van der Waals surface area (Å²) in [6.45, 7) is 4.44. The highest BCUT2D eigenvalue weighted by Crippen LogP contribution is 2.55. The van der Waals surface area contributed by atoms with Gasteiger partial charge in [0.1, 0.15) is 0 Å². The van der Waals surface area contributed by atoms with Crippen molar-refractivity contribution in [3.05, 3.63) is 199 Å². The number of aromatic nitrogens is 4. The molecule has 0 unspecified atom stereocenters. The second-order valence-electron chi connectivity index (χ2n) is 14.9. The lowest BCUT2D eigenvalue weighted by Crippen LogP contribution is -2.16. The van der Waals surface area contributed by atoms with Crippen LogP contribution in [0.25, 0.3) is 83.9 Å². The molecule has 0 fully saturated rings. The minimum atomic E-state index is 0.590. The fourth-order valence-corrected chi connectivity index (χ4v) is 8.88. The predicted molar refractivity (Wildman–Crippen MR) is 239 cm³/mol. The first-order valence-corrected chi connectivity index (χ1v) is 19.7. The summed E-state index contributed by atoms with van der Waals surface area (Å²) in [4.78, 5) is 18.5. The van der Waals surface area contributed by atoms with Gasteiger partial charge >= 0.3 is 0 Å². The highest BCUT2D eigenvalue weighted by molar-refractivity contribution is 6.11. The molecular weight excluding hydrogens is 707 g/mol. The van der Waals surface area contributed by atoms with Gasteiger partial charge in [0.05, 0.1) is 39.3 Å². The molecule has 58 heavy (non-hydrogen) atoms. The molecule has 0 amide bonds. The normalized spacial score (nSPS) is 11.9. The largest absolute Gasteiger partial charge is 0.308 e. The molecule has 10 aromatic rings. The fourth-order valence-electron chi connectivity index (χ4n) is 8.88.